The Labute approximate surface area is 98.1 Å². The van der Waals surface area contributed by atoms with E-state index < -0.39 is 7.12 Å². The lowest BCUT2D eigenvalue weighted by Crippen LogP contribution is -2.36. The highest BCUT2D eigenvalue weighted by molar-refractivity contribution is 6.59. The molecule has 0 radical (unpaired) electrons. The van der Waals surface area contributed by atoms with Crippen LogP contribution < -0.4 is 5.46 Å². The fraction of sp³-hybridized carbons (Fsp3) is 0.385. The van der Waals surface area contributed by atoms with Gasteiger partial charge in [0, 0.05) is 6.61 Å². The summed E-state index contributed by atoms with van der Waals surface area (Å²) >= 11 is 0. The van der Waals surface area contributed by atoms with Crippen LogP contribution in [0, 0.1) is 5.41 Å². The Morgan fingerprint density at radius 1 is 1.31 bits per heavy atom. The molecule has 1 aromatic carbocycles. The molecule has 0 spiro atoms. The summed E-state index contributed by atoms with van der Waals surface area (Å²) in [7, 11) is -0.849. The number of benzene rings is 1. The molecule has 0 aliphatic rings. The molecular formula is C13H19BO2. The molecule has 0 unspecified atom stereocenters. The van der Waals surface area contributed by atoms with E-state index in [9.17, 15) is 5.02 Å². The fourth-order valence-corrected chi connectivity index (χ4v) is 1.22. The predicted octanol–water partition coefficient (Wildman–Crippen LogP) is 2.08. The monoisotopic (exact) mass is 218 g/mol. The minimum absolute atomic E-state index is 0.0576. The zero-order valence-electron chi connectivity index (χ0n) is 10.2. The highest BCUT2D eigenvalue weighted by Gasteiger charge is 2.19. The van der Waals surface area contributed by atoms with Gasteiger partial charge in [-0.3, -0.25) is 0 Å². The first-order valence-corrected chi connectivity index (χ1v) is 5.44. The molecule has 0 aliphatic carbocycles. The van der Waals surface area contributed by atoms with Gasteiger partial charge in [0.25, 0.3) is 0 Å². The van der Waals surface area contributed by atoms with E-state index in [1.807, 2.05) is 24.3 Å². The molecule has 1 N–H and O–H groups in total. The Kier molecular flexibility index (Phi) is 4.33. The topological polar surface area (TPSA) is 29.5 Å². The first-order chi connectivity index (χ1) is 7.42. The highest BCUT2D eigenvalue weighted by atomic mass is 16.5. The molecule has 2 nitrogen and oxygen atoms in total. The van der Waals surface area contributed by atoms with Crippen molar-refractivity contribution in [3.8, 4) is 0 Å². The van der Waals surface area contributed by atoms with Crippen LogP contribution in [-0.2, 0) is 4.65 Å². The summed E-state index contributed by atoms with van der Waals surface area (Å²) in [6, 6.07) is 7.52. The van der Waals surface area contributed by atoms with Crippen molar-refractivity contribution in [2.24, 2.45) is 5.41 Å². The van der Waals surface area contributed by atoms with Gasteiger partial charge in [0.2, 0.25) is 0 Å². The summed E-state index contributed by atoms with van der Waals surface area (Å²) in [6.07, 6.45) is 1.77. The zero-order valence-corrected chi connectivity index (χ0v) is 10.2. The minimum Gasteiger partial charge on any atom is -0.423 e. The summed E-state index contributed by atoms with van der Waals surface area (Å²) in [6.45, 7) is 10.4. The van der Waals surface area contributed by atoms with Crippen LogP contribution >= 0.6 is 0 Å². The fourth-order valence-electron chi connectivity index (χ4n) is 1.22. The second kappa shape index (κ2) is 5.33. The van der Waals surface area contributed by atoms with E-state index in [1.165, 1.54) is 0 Å². The first-order valence-electron chi connectivity index (χ1n) is 5.44. The lowest BCUT2D eigenvalue weighted by Gasteiger charge is -2.19. The number of hydrogen-bond donors (Lipinski definition) is 1. The van der Waals surface area contributed by atoms with E-state index in [-0.39, 0.29) is 5.41 Å². The largest absolute Gasteiger partial charge is 0.491 e. The van der Waals surface area contributed by atoms with Crippen LogP contribution in [0.4, 0.5) is 0 Å². The van der Waals surface area contributed by atoms with Crippen molar-refractivity contribution in [2.75, 3.05) is 6.61 Å². The van der Waals surface area contributed by atoms with Crippen molar-refractivity contribution < 1.29 is 9.68 Å². The van der Waals surface area contributed by atoms with Gasteiger partial charge >= 0.3 is 7.12 Å². The van der Waals surface area contributed by atoms with Crippen molar-refractivity contribution in [1.29, 1.82) is 0 Å². The first kappa shape index (κ1) is 13.0. The molecule has 1 rings (SSSR count). The molecule has 16 heavy (non-hydrogen) atoms. The Morgan fingerprint density at radius 3 is 2.31 bits per heavy atom. The van der Waals surface area contributed by atoms with Gasteiger partial charge in [-0.15, -0.1) is 0 Å². The van der Waals surface area contributed by atoms with Crippen LogP contribution in [0.15, 0.2) is 30.8 Å². The van der Waals surface area contributed by atoms with E-state index in [0.29, 0.717) is 6.61 Å². The molecule has 86 valence electrons. The van der Waals surface area contributed by atoms with Crippen LogP contribution in [0.2, 0.25) is 0 Å². The summed E-state index contributed by atoms with van der Waals surface area (Å²) in [5.74, 6) is 0. The third kappa shape index (κ3) is 4.21. The predicted molar refractivity (Wildman–Crippen MR) is 69.5 cm³/mol. The molecule has 0 fully saturated rings. The highest BCUT2D eigenvalue weighted by Crippen LogP contribution is 2.13. The molecule has 3 heteroatoms. The maximum atomic E-state index is 9.80. The summed E-state index contributed by atoms with van der Waals surface area (Å²) in [4.78, 5) is 0. The third-order valence-electron chi connectivity index (χ3n) is 2.13. The quantitative estimate of drug-likeness (QED) is 0.784. The van der Waals surface area contributed by atoms with Gasteiger partial charge in [0.05, 0.1) is 0 Å². The van der Waals surface area contributed by atoms with Crippen LogP contribution in [-0.4, -0.2) is 18.7 Å². The number of rotatable bonds is 4. The van der Waals surface area contributed by atoms with Crippen molar-refractivity contribution in [2.45, 2.75) is 20.8 Å². The molecule has 0 bridgehead atoms. The van der Waals surface area contributed by atoms with Crippen molar-refractivity contribution in [3.63, 3.8) is 0 Å². The van der Waals surface area contributed by atoms with Gasteiger partial charge in [0.1, 0.15) is 0 Å². The summed E-state index contributed by atoms with van der Waals surface area (Å²) in [5, 5.41) is 9.80. The number of hydrogen-bond acceptors (Lipinski definition) is 2. The van der Waals surface area contributed by atoms with Crippen LogP contribution in [0.25, 0.3) is 6.08 Å². The Morgan fingerprint density at radius 2 is 1.88 bits per heavy atom. The maximum Gasteiger partial charge on any atom is 0.491 e. The molecule has 0 saturated heterocycles. The van der Waals surface area contributed by atoms with Crippen LogP contribution in [0.5, 0.6) is 0 Å². The molecule has 0 amide bonds. The van der Waals surface area contributed by atoms with E-state index in [4.69, 9.17) is 4.65 Å². The van der Waals surface area contributed by atoms with E-state index in [0.717, 1.165) is 11.0 Å². The van der Waals surface area contributed by atoms with Crippen LogP contribution in [0.3, 0.4) is 0 Å². The molecule has 0 heterocycles. The lowest BCUT2D eigenvalue weighted by molar-refractivity contribution is 0.174. The van der Waals surface area contributed by atoms with Gasteiger partial charge in [-0.05, 0) is 16.4 Å². The van der Waals surface area contributed by atoms with Gasteiger partial charge in [-0.1, -0.05) is 57.7 Å². The molecule has 0 saturated carbocycles. The Balaban J connectivity index is 2.59. The van der Waals surface area contributed by atoms with E-state index in [1.54, 1.807) is 6.08 Å². The second-order valence-corrected chi connectivity index (χ2v) is 5.09. The van der Waals surface area contributed by atoms with Crippen LogP contribution in [0.1, 0.15) is 26.3 Å². The van der Waals surface area contributed by atoms with Gasteiger partial charge in [-0.2, -0.15) is 0 Å². The maximum absolute atomic E-state index is 9.80. The molecule has 0 atom stereocenters. The van der Waals surface area contributed by atoms with Crippen molar-refractivity contribution >= 4 is 18.7 Å². The molecule has 1 aromatic rings. The SMILES string of the molecule is C=Cc1ccc(B(O)OCC(C)(C)C)cc1. The smallest absolute Gasteiger partial charge is 0.423 e. The average molecular weight is 218 g/mol. The van der Waals surface area contributed by atoms with Gasteiger partial charge in [0.15, 0.2) is 0 Å². The normalized spacial score (nSPS) is 11.2. The Hall–Kier alpha value is -1.06. The van der Waals surface area contributed by atoms with Crippen molar-refractivity contribution in [1.82, 2.24) is 0 Å². The summed E-state index contributed by atoms with van der Waals surface area (Å²) in [5.41, 5.74) is 1.86. The Bertz CT molecular complexity index is 338. The molecule has 0 aliphatic heterocycles. The second-order valence-electron chi connectivity index (χ2n) is 5.09. The van der Waals surface area contributed by atoms with E-state index in [2.05, 4.69) is 27.4 Å². The molecule has 0 aromatic heterocycles. The molecular weight excluding hydrogens is 199 g/mol. The lowest BCUT2D eigenvalue weighted by atomic mass is 9.78. The van der Waals surface area contributed by atoms with Crippen molar-refractivity contribution in [3.05, 3.63) is 36.4 Å². The third-order valence-corrected chi connectivity index (χ3v) is 2.13. The van der Waals surface area contributed by atoms with E-state index >= 15 is 0 Å². The average Bonchev–Trinajstić information content (AvgIpc) is 2.25. The van der Waals surface area contributed by atoms with Gasteiger partial charge < -0.3 is 9.68 Å². The zero-order chi connectivity index (χ0) is 12.2. The van der Waals surface area contributed by atoms with Gasteiger partial charge in [-0.25, -0.2) is 0 Å². The minimum atomic E-state index is -0.849. The standard InChI is InChI=1S/C13H19BO2/c1-5-11-6-8-12(9-7-11)14(15)16-10-13(2,3)4/h5-9,15H,1,10H2,2-4H3. The summed E-state index contributed by atoms with van der Waals surface area (Å²) < 4.78 is 5.40.